The first-order valence-corrected chi connectivity index (χ1v) is 5.01. The Labute approximate surface area is 89.5 Å². The lowest BCUT2D eigenvalue weighted by molar-refractivity contribution is 0.303. The average Bonchev–Trinajstić information content (AvgIpc) is 2.30. The maximum Gasteiger partial charge on any atom is 0.115 e. The number of hydrogen-bond donors (Lipinski definition) is 1. The zero-order valence-electron chi connectivity index (χ0n) is 8.68. The lowest BCUT2D eigenvalue weighted by atomic mass is 9.92. The van der Waals surface area contributed by atoms with Crippen molar-refractivity contribution < 1.29 is 9.84 Å². The van der Waals surface area contributed by atoms with Crippen LogP contribution in [-0.4, -0.2) is 12.2 Å². The van der Waals surface area contributed by atoms with Gasteiger partial charge in [-0.05, 0) is 36.3 Å². The van der Waals surface area contributed by atoms with Crippen LogP contribution in [0, 0.1) is 0 Å². The summed E-state index contributed by atoms with van der Waals surface area (Å²) in [6, 6.07) is 7.35. The highest BCUT2D eigenvalue weighted by atomic mass is 16.5. The van der Waals surface area contributed by atoms with Gasteiger partial charge in [-0.3, -0.25) is 0 Å². The molecular weight excluding hydrogens is 188 g/mol. The Bertz CT molecular complexity index is 388. The van der Waals surface area contributed by atoms with Crippen molar-refractivity contribution in [1.82, 2.24) is 0 Å². The third-order valence-corrected chi connectivity index (χ3v) is 2.62. The minimum Gasteiger partial charge on any atom is -0.508 e. The highest BCUT2D eigenvalue weighted by Crippen LogP contribution is 2.27. The number of phenolic OH excluding ortho intramolecular Hbond substituents is 1. The van der Waals surface area contributed by atoms with Crippen LogP contribution in [0.2, 0.25) is 0 Å². The fourth-order valence-electron chi connectivity index (χ4n) is 1.72. The van der Waals surface area contributed by atoms with Gasteiger partial charge in [0.15, 0.2) is 0 Å². The first kappa shape index (κ1) is 9.84. The molecule has 0 saturated heterocycles. The van der Waals surface area contributed by atoms with Gasteiger partial charge in [-0.1, -0.05) is 18.2 Å². The first-order chi connectivity index (χ1) is 7.29. The van der Waals surface area contributed by atoms with E-state index >= 15 is 0 Å². The number of benzene rings is 1. The van der Waals surface area contributed by atoms with Crippen LogP contribution in [0.5, 0.6) is 5.75 Å². The minimum atomic E-state index is 0.312. The number of phenols is 1. The monoisotopic (exact) mass is 202 g/mol. The van der Waals surface area contributed by atoms with Crippen molar-refractivity contribution in [3.8, 4) is 5.75 Å². The molecule has 0 bridgehead atoms. The highest BCUT2D eigenvalue weighted by Gasteiger charge is 2.10. The predicted molar refractivity (Wildman–Crippen MR) is 59.7 cm³/mol. The van der Waals surface area contributed by atoms with Crippen molar-refractivity contribution in [3.63, 3.8) is 0 Å². The van der Waals surface area contributed by atoms with Crippen molar-refractivity contribution in [2.45, 2.75) is 12.3 Å². The average molecular weight is 202 g/mol. The summed E-state index contributed by atoms with van der Waals surface area (Å²) >= 11 is 0. The van der Waals surface area contributed by atoms with Crippen LogP contribution in [0.1, 0.15) is 17.9 Å². The molecule has 0 amide bonds. The van der Waals surface area contributed by atoms with Crippen LogP contribution in [0.15, 0.2) is 48.3 Å². The predicted octanol–water partition coefficient (Wildman–Crippen LogP) is 2.97. The van der Waals surface area contributed by atoms with Crippen molar-refractivity contribution >= 4 is 0 Å². The highest BCUT2D eigenvalue weighted by molar-refractivity contribution is 5.34. The molecule has 1 N–H and O–H groups in total. The van der Waals surface area contributed by atoms with E-state index < -0.39 is 0 Å². The number of ether oxygens (including phenoxy) is 1. The molecule has 0 spiro atoms. The summed E-state index contributed by atoms with van der Waals surface area (Å²) in [6.07, 6.45) is 7.15. The van der Waals surface area contributed by atoms with E-state index in [1.54, 1.807) is 19.2 Å². The van der Waals surface area contributed by atoms with Crippen molar-refractivity contribution in [1.29, 1.82) is 0 Å². The molecule has 1 aromatic rings. The quantitative estimate of drug-likeness (QED) is 0.798. The molecule has 1 aliphatic carbocycles. The topological polar surface area (TPSA) is 29.5 Å². The van der Waals surface area contributed by atoms with Gasteiger partial charge in [0.2, 0.25) is 0 Å². The molecule has 0 saturated carbocycles. The fourth-order valence-corrected chi connectivity index (χ4v) is 1.72. The van der Waals surface area contributed by atoms with E-state index in [0.717, 1.165) is 12.2 Å². The van der Waals surface area contributed by atoms with Crippen LogP contribution in [0.4, 0.5) is 0 Å². The molecule has 1 aliphatic rings. The van der Waals surface area contributed by atoms with E-state index in [2.05, 4.69) is 12.2 Å². The van der Waals surface area contributed by atoms with Gasteiger partial charge in [0.25, 0.3) is 0 Å². The molecule has 2 heteroatoms. The summed E-state index contributed by atoms with van der Waals surface area (Å²) in [6.45, 7) is 0. The standard InChI is InChI=1S/C13H14O2/c1-15-13-8-4-11(5-9-13)10-2-6-12(14)7-3-10/h2-4,6-9,11,14H,5H2,1H3. The summed E-state index contributed by atoms with van der Waals surface area (Å²) in [5.74, 6) is 1.63. The Balaban J connectivity index is 2.12. The zero-order chi connectivity index (χ0) is 10.7. The Morgan fingerprint density at radius 3 is 2.53 bits per heavy atom. The van der Waals surface area contributed by atoms with Crippen molar-refractivity contribution in [2.75, 3.05) is 7.11 Å². The Morgan fingerprint density at radius 1 is 1.27 bits per heavy atom. The van der Waals surface area contributed by atoms with Crippen LogP contribution >= 0.6 is 0 Å². The molecule has 1 unspecified atom stereocenters. The first-order valence-electron chi connectivity index (χ1n) is 5.01. The second-order valence-electron chi connectivity index (χ2n) is 3.60. The molecule has 2 nitrogen and oxygen atoms in total. The summed E-state index contributed by atoms with van der Waals surface area (Å²) in [4.78, 5) is 0. The van der Waals surface area contributed by atoms with E-state index in [0.29, 0.717) is 11.7 Å². The molecule has 0 fully saturated rings. The van der Waals surface area contributed by atoms with E-state index in [4.69, 9.17) is 4.74 Å². The van der Waals surface area contributed by atoms with E-state index in [1.165, 1.54) is 5.56 Å². The molecule has 0 radical (unpaired) electrons. The second kappa shape index (κ2) is 4.22. The second-order valence-corrected chi connectivity index (χ2v) is 3.60. The van der Waals surface area contributed by atoms with Gasteiger partial charge in [-0.25, -0.2) is 0 Å². The summed E-state index contributed by atoms with van der Waals surface area (Å²) in [5, 5.41) is 9.19. The Hall–Kier alpha value is -1.70. The minimum absolute atomic E-state index is 0.312. The van der Waals surface area contributed by atoms with Gasteiger partial charge in [0, 0.05) is 5.92 Å². The number of rotatable bonds is 2. The van der Waals surface area contributed by atoms with Gasteiger partial charge in [0.1, 0.15) is 11.5 Å². The molecule has 0 aliphatic heterocycles. The van der Waals surface area contributed by atoms with Crippen LogP contribution < -0.4 is 0 Å². The lowest BCUT2D eigenvalue weighted by Crippen LogP contribution is -1.99. The lowest BCUT2D eigenvalue weighted by Gasteiger charge is -2.15. The van der Waals surface area contributed by atoms with Crippen molar-refractivity contribution in [3.05, 3.63) is 53.8 Å². The number of hydrogen-bond acceptors (Lipinski definition) is 2. The summed E-state index contributed by atoms with van der Waals surface area (Å²) < 4.78 is 5.13. The van der Waals surface area contributed by atoms with Gasteiger partial charge in [-0.15, -0.1) is 0 Å². The largest absolute Gasteiger partial charge is 0.508 e. The van der Waals surface area contributed by atoms with Gasteiger partial charge >= 0.3 is 0 Å². The summed E-state index contributed by atoms with van der Waals surface area (Å²) in [5.41, 5.74) is 1.22. The maximum absolute atomic E-state index is 9.19. The van der Waals surface area contributed by atoms with E-state index in [9.17, 15) is 5.11 Å². The molecule has 2 rings (SSSR count). The van der Waals surface area contributed by atoms with Gasteiger partial charge < -0.3 is 9.84 Å². The third-order valence-electron chi connectivity index (χ3n) is 2.62. The molecular formula is C13H14O2. The van der Waals surface area contributed by atoms with Gasteiger partial charge in [-0.2, -0.15) is 0 Å². The molecule has 1 atom stereocenters. The summed E-state index contributed by atoms with van der Waals surface area (Å²) in [7, 11) is 1.68. The smallest absolute Gasteiger partial charge is 0.115 e. The number of aromatic hydroxyl groups is 1. The zero-order valence-corrected chi connectivity index (χ0v) is 8.68. The Kier molecular flexibility index (Phi) is 2.77. The normalized spacial score (nSPS) is 19.8. The van der Waals surface area contributed by atoms with Crippen LogP contribution in [0.3, 0.4) is 0 Å². The van der Waals surface area contributed by atoms with E-state index in [1.807, 2.05) is 18.2 Å². The van der Waals surface area contributed by atoms with Gasteiger partial charge in [0.05, 0.1) is 7.11 Å². The maximum atomic E-state index is 9.19. The Morgan fingerprint density at radius 2 is 2.00 bits per heavy atom. The number of methoxy groups -OCH3 is 1. The van der Waals surface area contributed by atoms with Crippen LogP contribution in [-0.2, 0) is 4.74 Å². The fraction of sp³-hybridized carbons (Fsp3) is 0.231. The van der Waals surface area contributed by atoms with Crippen molar-refractivity contribution in [2.24, 2.45) is 0 Å². The van der Waals surface area contributed by atoms with Crippen LogP contribution in [0.25, 0.3) is 0 Å². The molecule has 0 aromatic heterocycles. The number of allylic oxidation sites excluding steroid dienone is 3. The van der Waals surface area contributed by atoms with E-state index in [-0.39, 0.29) is 0 Å². The molecule has 15 heavy (non-hydrogen) atoms. The molecule has 0 heterocycles. The molecule has 78 valence electrons. The molecule has 1 aromatic carbocycles. The third kappa shape index (κ3) is 2.21. The SMILES string of the molecule is COC1=CCC(c2ccc(O)cc2)C=C1.